The van der Waals surface area contributed by atoms with Crippen molar-refractivity contribution < 1.29 is 20.1 Å². The lowest BCUT2D eigenvalue weighted by Gasteiger charge is -2.26. The van der Waals surface area contributed by atoms with Crippen LogP contribution in [0.4, 0.5) is 0 Å². The number of hydrogen-bond acceptors (Lipinski definition) is 2. The number of fused-ring (bicyclic) bond motifs is 1. The third-order valence-electron chi connectivity index (χ3n) is 4.33. The number of hydrogen-bond donors (Lipinski definition) is 3. The monoisotopic (exact) mass is 308 g/mol. The zero-order valence-corrected chi connectivity index (χ0v) is 14.1. The maximum atomic E-state index is 10.1. The third kappa shape index (κ3) is 5.69. The Bertz CT molecular complexity index is 437. The van der Waals surface area contributed by atoms with E-state index in [4.69, 9.17) is 4.74 Å². The summed E-state index contributed by atoms with van der Waals surface area (Å²) in [5.41, 5.74) is 2.73. The predicted molar refractivity (Wildman–Crippen MR) is 88.0 cm³/mol. The second-order valence-corrected chi connectivity index (χ2v) is 6.69. The van der Waals surface area contributed by atoms with E-state index in [1.807, 2.05) is 0 Å². The van der Waals surface area contributed by atoms with Crippen molar-refractivity contribution in [2.45, 2.75) is 37.9 Å². The lowest BCUT2D eigenvalue weighted by molar-refractivity contribution is -0.860. The van der Waals surface area contributed by atoms with Crippen molar-refractivity contribution in [3.8, 4) is 0 Å². The molecule has 2 rings (SSSR count). The Morgan fingerprint density at radius 1 is 1.36 bits per heavy atom. The van der Waals surface area contributed by atoms with Crippen molar-refractivity contribution in [3.05, 3.63) is 35.4 Å². The maximum Gasteiger partial charge on any atom is 0.126 e. The Hall–Kier alpha value is -0.940. The van der Waals surface area contributed by atoms with Crippen LogP contribution in [0.1, 0.15) is 36.5 Å². The van der Waals surface area contributed by atoms with Crippen LogP contribution in [-0.2, 0) is 11.2 Å². The van der Waals surface area contributed by atoms with Gasteiger partial charge in [-0.05, 0) is 30.4 Å². The van der Waals surface area contributed by atoms with Crippen LogP contribution in [0.25, 0.3) is 0 Å². The van der Waals surface area contributed by atoms with Crippen molar-refractivity contribution in [1.29, 1.82) is 0 Å². The summed E-state index contributed by atoms with van der Waals surface area (Å²) in [5.74, 6) is 0. The van der Waals surface area contributed by atoms with Crippen LogP contribution < -0.4 is 10.2 Å². The molecular formula is C18H32N2O2+2. The van der Waals surface area contributed by atoms with Crippen molar-refractivity contribution in [2.24, 2.45) is 0 Å². The number of rotatable bonds is 9. The molecule has 4 nitrogen and oxygen atoms in total. The number of ether oxygens (including phenoxy) is 1. The number of benzene rings is 1. The molecule has 0 unspecified atom stereocenters. The summed E-state index contributed by atoms with van der Waals surface area (Å²) < 4.78 is 5.99. The Balaban J connectivity index is 1.66. The highest BCUT2D eigenvalue weighted by atomic mass is 16.5. The number of aliphatic hydroxyl groups is 1. The molecule has 0 spiro atoms. The topological polar surface area (TPSA) is 50.5 Å². The molecular weight excluding hydrogens is 276 g/mol. The van der Waals surface area contributed by atoms with Gasteiger partial charge in [0.25, 0.3) is 0 Å². The van der Waals surface area contributed by atoms with Crippen LogP contribution in [0.2, 0.25) is 0 Å². The molecule has 0 amide bonds. The number of quaternary nitrogens is 2. The average Bonchev–Trinajstić information content (AvgIpc) is 2.52. The summed E-state index contributed by atoms with van der Waals surface area (Å²) in [6.07, 6.45) is 4.37. The molecule has 2 atom stereocenters. The van der Waals surface area contributed by atoms with E-state index in [1.54, 1.807) is 0 Å². The zero-order valence-electron chi connectivity index (χ0n) is 14.1. The summed E-state index contributed by atoms with van der Waals surface area (Å²) in [6, 6.07) is 8.54. The zero-order chi connectivity index (χ0) is 15.8. The minimum absolute atomic E-state index is 0.164. The average molecular weight is 308 g/mol. The van der Waals surface area contributed by atoms with E-state index in [9.17, 15) is 5.11 Å². The number of aliphatic hydroxyl groups excluding tert-OH is 1. The van der Waals surface area contributed by atoms with Gasteiger partial charge in [-0.15, -0.1) is 0 Å². The molecule has 4 heteroatoms. The lowest BCUT2D eigenvalue weighted by atomic mass is 9.89. The summed E-state index contributed by atoms with van der Waals surface area (Å²) in [4.78, 5) is 1.48. The smallest absolute Gasteiger partial charge is 0.126 e. The summed E-state index contributed by atoms with van der Waals surface area (Å²) in [5, 5.41) is 12.3. The van der Waals surface area contributed by atoms with Gasteiger partial charge in [0.05, 0.1) is 39.9 Å². The molecule has 0 saturated heterocycles. The van der Waals surface area contributed by atoms with Crippen molar-refractivity contribution in [1.82, 2.24) is 0 Å². The molecule has 0 aliphatic heterocycles. The lowest BCUT2D eigenvalue weighted by Crippen LogP contribution is -3.06. The molecule has 22 heavy (non-hydrogen) atoms. The highest BCUT2D eigenvalue weighted by molar-refractivity contribution is 5.31. The van der Waals surface area contributed by atoms with Gasteiger partial charge in [-0.25, -0.2) is 0 Å². The standard InChI is InChI=1S/C18H30N2O2/c1-20(2)12-6-11-19-13-16(21)14-22-18-10-5-8-15-7-3-4-9-17(15)18/h3-4,7,9,16,18-19,21H,5-6,8,10-14H2,1-2H3/p+2/t16-,18-/m1/s1. The first-order valence-electron chi connectivity index (χ1n) is 8.65. The molecule has 1 aromatic carbocycles. The SMILES string of the molecule is C[NH+](C)CCC[NH2+]C[C@@H](O)CO[C@@H]1CCCc2ccccc21. The van der Waals surface area contributed by atoms with Crippen LogP contribution >= 0.6 is 0 Å². The van der Waals surface area contributed by atoms with Crippen LogP contribution in [0.3, 0.4) is 0 Å². The molecule has 1 aromatic rings. The summed E-state index contributed by atoms with van der Waals surface area (Å²) >= 11 is 0. The molecule has 124 valence electrons. The second kappa shape index (κ2) is 9.26. The fourth-order valence-electron chi connectivity index (χ4n) is 3.09. The second-order valence-electron chi connectivity index (χ2n) is 6.69. The van der Waals surface area contributed by atoms with E-state index >= 15 is 0 Å². The molecule has 0 bridgehead atoms. The highest BCUT2D eigenvalue weighted by Crippen LogP contribution is 2.32. The molecule has 1 aliphatic rings. The minimum atomic E-state index is -0.374. The molecule has 0 aromatic heterocycles. The molecule has 0 radical (unpaired) electrons. The Kier molecular flexibility index (Phi) is 7.33. The molecule has 1 aliphatic carbocycles. The van der Waals surface area contributed by atoms with Crippen LogP contribution in [0.15, 0.2) is 24.3 Å². The number of nitrogens with two attached hydrogens (primary N) is 1. The highest BCUT2D eigenvalue weighted by Gasteiger charge is 2.21. The largest absolute Gasteiger partial charge is 0.385 e. The Labute approximate surface area is 134 Å². The summed E-state index contributed by atoms with van der Waals surface area (Å²) in [7, 11) is 4.34. The van der Waals surface area contributed by atoms with Gasteiger partial charge in [0.2, 0.25) is 0 Å². The van der Waals surface area contributed by atoms with Gasteiger partial charge in [-0.3, -0.25) is 0 Å². The Morgan fingerprint density at radius 3 is 3.00 bits per heavy atom. The molecule has 0 saturated carbocycles. The van der Waals surface area contributed by atoms with Gasteiger partial charge in [0.15, 0.2) is 0 Å². The van der Waals surface area contributed by atoms with E-state index in [1.165, 1.54) is 35.4 Å². The first kappa shape index (κ1) is 17.4. The van der Waals surface area contributed by atoms with E-state index in [2.05, 4.69) is 43.7 Å². The van der Waals surface area contributed by atoms with Gasteiger partial charge < -0.3 is 20.1 Å². The fraction of sp³-hybridized carbons (Fsp3) is 0.667. The Morgan fingerprint density at radius 2 is 2.18 bits per heavy atom. The van der Waals surface area contributed by atoms with Crippen molar-refractivity contribution in [2.75, 3.05) is 40.3 Å². The van der Waals surface area contributed by atoms with Gasteiger partial charge >= 0.3 is 0 Å². The van der Waals surface area contributed by atoms with Crippen molar-refractivity contribution >= 4 is 0 Å². The van der Waals surface area contributed by atoms with Crippen LogP contribution in [0, 0.1) is 0 Å². The maximum absolute atomic E-state index is 10.1. The first-order chi connectivity index (χ1) is 10.7. The normalized spacial score (nSPS) is 19.2. The molecule has 4 N–H and O–H groups in total. The summed E-state index contributed by atoms with van der Waals surface area (Å²) in [6.45, 7) is 3.43. The van der Waals surface area contributed by atoms with E-state index in [0.29, 0.717) is 6.61 Å². The van der Waals surface area contributed by atoms with Crippen LogP contribution in [0.5, 0.6) is 0 Å². The minimum Gasteiger partial charge on any atom is -0.385 e. The van der Waals surface area contributed by atoms with E-state index in [-0.39, 0.29) is 12.2 Å². The number of nitrogens with one attached hydrogen (secondary N) is 1. The van der Waals surface area contributed by atoms with Crippen molar-refractivity contribution in [3.63, 3.8) is 0 Å². The van der Waals surface area contributed by atoms with Gasteiger partial charge in [0.1, 0.15) is 12.6 Å². The van der Waals surface area contributed by atoms with E-state index in [0.717, 1.165) is 25.9 Å². The van der Waals surface area contributed by atoms with Gasteiger partial charge in [-0.1, -0.05) is 24.3 Å². The molecule has 0 heterocycles. The van der Waals surface area contributed by atoms with Crippen LogP contribution in [-0.4, -0.2) is 51.5 Å². The molecule has 0 fully saturated rings. The predicted octanol–water partition coefficient (Wildman–Crippen LogP) is -0.460. The van der Waals surface area contributed by atoms with Gasteiger partial charge in [0, 0.05) is 6.42 Å². The first-order valence-corrected chi connectivity index (χ1v) is 8.65. The number of aryl methyl sites for hydroxylation is 1. The van der Waals surface area contributed by atoms with Gasteiger partial charge in [-0.2, -0.15) is 0 Å². The van der Waals surface area contributed by atoms with E-state index < -0.39 is 0 Å². The quantitative estimate of drug-likeness (QED) is 0.541. The third-order valence-corrected chi connectivity index (χ3v) is 4.33. The fourth-order valence-corrected chi connectivity index (χ4v) is 3.09.